The predicted octanol–water partition coefficient (Wildman–Crippen LogP) is 7.30. The van der Waals surface area contributed by atoms with Gasteiger partial charge in [-0.1, -0.05) is 52.9 Å². The molecule has 1 radical (unpaired) electrons. The van der Waals surface area contributed by atoms with Crippen molar-refractivity contribution in [3.8, 4) is 22.5 Å². The molecule has 0 fully saturated rings. The van der Waals surface area contributed by atoms with Crippen LogP contribution in [0.1, 0.15) is 11.0 Å². The van der Waals surface area contributed by atoms with Gasteiger partial charge in [0.2, 0.25) is 0 Å². The number of nitrogens with zero attached hydrogens (tertiary/aromatic N) is 2. The number of benzene rings is 3. The summed E-state index contributed by atoms with van der Waals surface area (Å²) in [6.45, 7) is -2.36. The third-order valence-corrected chi connectivity index (χ3v) is 4.95. The Balaban J connectivity index is 0.000000208. The van der Waals surface area contributed by atoms with Crippen LogP contribution >= 0.6 is 0 Å². The van der Waals surface area contributed by atoms with E-state index < -0.39 is 6.85 Å². The summed E-state index contributed by atoms with van der Waals surface area (Å²) in [5.41, 5.74) is 4.36. The maximum absolute atomic E-state index is 7.78. The number of fused-ring (bicyclic) bond motifs is 3. The van der Waals surface area contributed by atoms with E-state index in [9.17, 15) is 0 Å². The second-order valence-corrected chi connectivity index (χ2v) is 7.03. The molecule has 3 nitrogen and oxygen atoms in total. The van der Waals surface area contributed by atoms with E-state index in [1.54, 1.807) is 12.3 Å². The standard InChI is InChI=1S/C18H12NO.C11H8N.Ir/c1-12-9-10-19-16(11-12)15-7-4-6-14-13-5-2-3-8-17(13)20-18(14)15;1-2-6-10(7-3-1)11-8-4-5-9-12-11;/h2-6,8-11H,1H3;1-6,8-9H;/q2*-1;/i1D3,9D;;. The first-order chi connectivity index (χ1) is 17.4. The van der Waals surface area contributed by atoms with E-state index in [0.717, 1.165) is 27.6 Å². The fourth-order valence-electron chi connectivity index (χ4n) is 3.48. The zero-order valence-corrected chi connectivity index (χ0v) is 19.8. The van der Waals surface area contributed by atoms with Crippen LogP contribution in [0.3, 0.4) is 0 Å². The molecule has 6 rings (SSSR count). The molecule has 3 heterocycles. The number of aromatic nitrogens is 2. The van der Waals surface area contributed by atoms with E-state index >= 15 is 0 Å². The Labute approximate surface area is 212 Å². The molecule has 6 aromatic rings. The zero-order chi connectivity index (χ0) is 25.1. The molecule has 3 aromatic heterocycles. The molecule has 0 N–H and O–H groups in total. The van der Waals surface area contributed by atoms with Gasteiger partial charge >= 0.3 is 0 Å². The Morgan fingerprint density at radius 3 is 2.48 bits per heavy atom. The van der Waals surface area contributed by atoms with Crippen molar-refractivity contribution in [3.63, 3.8) is 0 Å². The Hall–Kier alpha value is -3.59. The van der Waals surface area contributed by atoms with Gasteiger partial charge in [-0.25, -0.2) is 0 Å². The molecule has 0 amide bonds. The number of para-hydroxylation sites is 1. The SMILES string of the molecule is [2H]c1cnc(-c2[c-]ccc3c2oc2ccccc23)cc1C([2H])([2H])[2H].[Ir].[c-]1ccccc1-c1ccccn1. The molecule has 0 bridgehead atoms. The quantitative estimate of drug-likeness (QED) is 0.194. The molecule has 33 heavy (non-hydrogen) atoms. The molecular weight excluding hydrogens is 585 g/mol. The minimum atomic E-state index is -2.36. The average Bonchev–Trinajstić information content (AvgIpc) is 3.29. The van der Waals surface area contributed by atoms with Crippen LogP contribution in [-0.2, 0) is 20.1 Å². The van der Waals surface area contributed by atoms with Gasteiger partial charge in [-0.3, -0.25) is 0 Å². The van der Waals surface area contributed by atoms with Crippen LogP contribution in [0.5, 0.6) is 0 Å². The Bertz CT molecular complexity index is 1600. The van der Waals surface area contributed by atoms with Crippen LogP contribution in [0.15, 0.2) is 108 Å². The number of pyridine rings is 2. The van der Waals surface area contributed by atoms with Gasteiger partial charge in [-0.15, -0.1) is 54.1 Å². The molecule has 0 saturated heterocycles. The number of rotatable bonds is 2. The largest absolute Gasteiger partial charge is 0.501 e. The number of hydrogen-bond acceptors (Lipinski definition) is 3. The monoisotopic (exact) mass is 609 g/mol. The van der Waals surface area contributed by atoms with Crippen LogP contribution < -0.4 is 0 Å². The molecule has 0 spiro atoms. The summed E-state index contributed by atoms with van der Waals surface area (Å²) in [6, 6.07) is 32.6. The summed E-state index contributed by atoms with van der Waals surface area (Å²) >= 11 is 0. The first-order valence-electron chi connectivity index (χ1n) is 12.1. The van der Waals surface area contributed by atoms with Crippen molar-refractivity contribution in [2.45, 2.75) is 6.85 Å². The fourth-order valence-corrected chi connectivity index (χ4v) is 3.48. The topological polar surface area (TPSA) is 38.9 Å². The van der Waals surface area contributed by atoms with Gasteiger partial charge < -0.3 is 14.4 Å². The summed E-state index contributed by atoms with van der Waals surface area (Å²) in [6.07, 6.45) is 3.04. The third-order valence-electron chi connectivity index (χ3n) is 4.95. The fraction of sp³-hybridized carbons (Fsp3) is 0.0345. The van der Waals surface area contributed by atoms with E-state index in [1.807, 2.05) is 72.8 Å². The van der Waals surface area contributed by atoms with Crippen LogP contribution in [0, 0.1) is 19.0 Å². The number of furan rings is 1. The van der Waals surface area contributed by atoms with Crippen molar-refractivity contribution in [1.29, 1.82) is 0 Å². The predicted molar refractivity (Wildman–Crippen MR) is 129 cm³/mol. The minimum absolute atomic E-state index is 0. The smallest absolute Gasteiger partial charge is 0.120 e. The third kappa shape index (κ3) is 4.93. The van der Waals surface area contributed by atoms with E-state index in [1.165, 1.54) is 12.3 Å². The molecule has 0 aliphatic rings. The molecule has 0 aliphatic carbocycles. The summed E-state index contributed by atoms with van der Waals surface area (Å²) in [7, 11) is 0. The van der Waals surface area contributed by atoms with Gasteiger partial charge in [0, 0.05) is 42.0 Å². The summed E-state index contributed by atoms with van der Waals surface area (Å²) in [5, 5.41) is 1.91. The van der Waals surface area contributed by atoms with Gasteiger partial charge in [-0.2, -0.15) is 0 Å². The van der Waals surface area contributed by atoms with Gasteiger partial charge in [-0.05, 0) is 36.4 Å². The average molecular weight is 609 g/mol. The van der Waals surface area contributed by atoms with Crippen molar-refractivity contribution in [2.75, 3.05) is 0 Å². The van der Waals surface area contributed by atoms with E-state index in [0.29, 0.717) is 16.8 Å². The Morgan fingerprint density at radius 2 is 1.67 bits per heavy atom. The molecule has 3 aromatic carbocycles. The molecule has 0 aliphatic heterocycles. The minimum Gasteiger partial charge on any atom is -0.501 e. The first-order valence-corrected chi connectivity index (χ1v) is 10.1. The van der Waals surface area contributed by atoms with Gasteiger partial charge in [0.1, 0.15) is 5.58 Å². The summed E-state index contributed by atoms with van der Waals surface area (Å²) < 4.78 is 36.4. The molecule has 4 heteroatoms. The first kappa shape index (κ1) is 17.9. The van der Waals surface area contributed by atoms with Crippen molar-refractivity contribution >= 4 is 21.9 Å². The van der Waals surface area contributed by atoms with Crippen molar-refractivity contribution < 1.29 is 30.0 Å². The molecule has 163 valence electrons. The molecule has 0 unspecified atom stereocenters. The normalized spacial score (nSPS) is 12.5. The van der Waals surface area contributed by atoms with Crippen molar-refractivity contribution in [1.82, 2.24) is 9.97 Å². The van der Waals surface area contributed by atoms with Gasteiger partial charge in [0.15, 0.2) is 0 Å². The van der Waals surface area contributed by atoms with Crippen molar-refractivity contribution in [2.24, 2.45) is 0 Å². The van der Waals surface area contributed by atoms with Crippen LogP contribution in [0.25, 0.3) is 44.5 Å². The maximum Gasteiger partial charge on any atom is 0.120 e. The number of aryl methyl sites for hydroxylation is 1. The van der Waals surface area contributed by atoms with Gasteiger partial charge in [0.25, 0.3) is 0 Å². The second kappa shape index (κ2) is 10.4. The van der Waals surface area contributed by atoms with Crippen LogP contribution in [0.2, 0.25) is 0 Å². The molecule has 0 saturated carbocycles. The van der Waals surface area contributed by atoms with Crippen molar-refractivity contribution in [3.05, 3.63) is 121 Å². The van der Waals surface area contributed by atoms with E-state index in [2.05, 4.69) is 22.1 Å². The van der Waals surface area contributed by atoms with Crippen LogP contribution in [-0.4, -0.2) is 9.97 Å². The van der Waals surface area contributed by atoms with E-state index in [4.69, 9.17) is 9.90 Å². The maximum atomic E-state index is 7.78. The number of hydrogen-bond donors (Lipinski definition) is 0. The second-order valence-electron chi connectivity index (χ2n) is 7.03. The van der Waals surface area contributed by atoms with Crippen LogP contribution in [0.4, 0.5) is 0 Å². The molecular formula is C29H20IrN2O-2. The zero-order valence-electron chi connectivity index (χ0n) is 21.4. The van der Waals surface area contributed by atoms with Gasteiger partial charge in [0.05, 0.1) is 6.95 Å². The molecule has 0 atom stereocenters. The summed E-state index contributed by atoms with van der Waals surface area (Å²) in [5.74, 6) is 0. The van der Waals surface area contributed by atoms with E-state index in [-0.39, 0.29) is 31.7 Å². The Morgan fingerprint density at radius 1 is 0.818 bits per heavy atom. The summed E-state index contributed by atoms with van der Waals surface area (Å²) in [4.78, 5) is 8.43. The Kier molecular flexibility index (Phi) is 5.62.